The number of methoxy groups -OCH3 is 2. The summed E-state index contributed by atoms with van der Waals surface area (Å²) in [7, 11) is 3.05. The van der Waals surface area contributed by atoms with Crippen molar-refractivity contribution in [1.29, 1.82) is 0 Å². The quantitative estimate of drug-likeness (QED) is 0.706. The van der Waals surface area contributed by atoms with Crippen LogP contribution in [0.1, 0.15) is 41.0 Å². The van der Waals surface area contributed by atoms with Crippen LogP contribution in [0.25, 0.3) is 0 Å². The molecule has 0 saturated carbocycles. The van der Waals surface area contributed by atoms with Crippen molar-refractivity contribution in [2.45, 2.75) is 20.3 Å². The lowest BCUT2D eigenvalue weighted by Crippen LogP contribution is -2.12. The zero-order valence-corrected chi connectivity index (χ0v) is 16.1. The first-order valence-electron chi connectivity index (χ1n) is 8.75. The van der Waals surface area contributed by atoms with E-state index in [2.05, 4.69) is 19.2 Å². The number of amides is 1. The van der Waals surface area contributed by atoms with Gasteiger partial charge in [-0.1, -0.05) is 13.8 Å². The Morgan fingerprint density at radius 2 is 1.56 bits per heavy atom. The Morgan fingerprint density at radius 3 is 2.15 bits per heavy atom. The number of carbonyl (C=O) groups excluding carboxylic acids is 2. The van der Waals surface area contributed by atoms with Crippen molar-refractivity contribution in [3.63, 3.8) is 0 Å². The van der Waals surface area contributed by atoms with Crippen LogP contribution >= 0.6 is 0 Å². The molecule has 0 unspecified atom stereocenters. The summed E-state index contributed by atoms with van der Waals surface area (Å²) in [5, 5.41) is 2.78. The summed E-state index contributed by atoms with van der Waals surface area (Å²) < 4.78 is 15.6. The Bertz CT molecular complexity index is 784. The molecule has 0 bridgehead atoms. The molecule has 0 saturated heterocycles. The van der Waals surface area contributed by atoms with Crippen LogP contribution in [0.4, 0.5) is 5.69 Å². The molecule has 0 aliphatic heterocycles. The highest BCUT2D eigenvalue weighted by Crippen LogP contribution is 2.27. The van der Waals surface area contributed by atoms with E-state index in [4.69, 9.17) is 14.2 Å². The first-order valence-corrected chi connectivity index (χ1v) is 8.75. The van der Waals surface area contributed by atoms with E-state index in [1.807, 2.05) is 0 Å². The van der Waals surface area contributed by atoms with Gasteiger partial charge in [0.2, 0.25) is 0 Å². The number of benzene rings is 2. The van der Waals surface area contributed by atoms with Gasteiger partial charge in [-0.15, -0.1) is 0 Å². The third-order valence-electron chi connectivity index (χ3n) is 3.95. The lowest BCUT2D eigenvalue weighted by molar-refractivity contribution is 0.0488. The fourth-order valence-corrected chi connectivity index (χ4v) is 2.34. The van der Waals surface area contributed by atoms with Gasteiger partial charge in [-0.05, 0) is 54.8 Å². The van der Waals surface area contributed by atoms with E-state index in [1.165, 1.54) is 14.2 Å². The molecule has 0 aromatic heterocycles. The molecule has 2 aromatic rings. The van der Waals surface area contributed by atoms with Crippen LogP contribution in [0, 0.1) is 5.92 Å². The Labute approximate surface area is 159 Å². The van der Waals surface area contributed by atoms with Crippen LogP contribution in [0.5, 0.6) is 11.5 Å². The molecule has 0 spiro atoms. The molecular formula is C21H25NO5. The van der Waals surface area contributed by atoms with Gasteiger partial charge in [0.1, 0.15) is 0 Å². The molecule has 144 valence electrons. The second-order valence-corrected chi connectivity index (χ2v) is 6.42. The average molecular weight is 371 g/mol. The van der Waals surface area contributed by atoms with Crippen LogP contribution < -0.4 is 14.8 Å². The molecule has 0 atom stereocenters. The summed E-state index contributed by atoms with van der Waals surface area (Å²) in [6, 6.07) is 11.5. The maximum Gasteiger partial charge on any atom is 0.338 e. The van der Waals surface area contributed by atoms with E-state index in [-0.39, 0.29) is 11.9 Å². The molecule has 2 rings (SSSR count). The predicted molar refractivity (Wildman–Crippen MR) is 104 cm³/mol. The van der Waals surface area contributed by atoms with Crippen LogP contribution in [0.15, 0.2) is 42.5 Å². The number of nitrogens with one attached hydrogen (secondary N) is 1. The second-order valence-electron chi connectivity index (χ2n) is 6.42. The van der Waals surface area contributed by atoms with Gasteiger partial charge < -0.3 is 19.5 Å². The zero-order valence-electron chi connectivity index (χ0n) is 16.1. The molecule has 0 aliphatic carbocycles. The highest BCUT2D eigenvalue weighted by molar-refractivity contribution is 6.04. The molecule has 1 N–H and O–H groups in total. The number of carbonyl (C=O) groups is 2. The molecule has 0 heterocycles. The van der Waals surface area contributed by atoms with Gasteiger partial charge in [0.15, 0.2) is 11.5 Å². The van der Waals surface area contributed by atoms with Crippen molar-refractivity contribution in [1.82, 2.24) is 0 Å². The van der Waals surface area contributed by atoms with E-state index in [9.17, 15) is 9.59 Å². The molecule has 6 nitrogen and oxygen atoms in total. The third kappa shape index (κ3) is 5.74. The van der Waals surface area contributed by atoms with Crippen molar-refractivity contribution in [3.05, 3.63) is 53.6 Å². The monoisotopic (exact) mass is 371 g/mol. The molecule has 1 amide bonds. The normalized spacial score (nSPS) is 10.4. The summed E-state index contributed by atoms with van der Waals surface area (Å²) >= 11 is 0. The van der Waals surface area contributed by atoms with Crippen molar-refractivity contribution < 1.29 is 23.8 Å². The minimum Gasteiger partial charge on any atom is -0.493 e. The number of esters is 1. The van der Waals surface area contributed by atoms with Crippen molar-refractivity contribution in [2.75, 3.05) is 26.1 Å². The standard InChI is InChI=1S/C21H25NO5/c1-14(2)11-12-27-21(24)15-5-8-17(9-6-15)22-20(23)16-7-10-18(25-3)19(13-16)26-4/h5-10,13-14H,11-12H2,1-4H3,(H,22,23). The van der Waals surface area contributed by atoms with Crippen LogP contribution in [0.2, 0.25) is 0 Å². The second kappa shape index (κ2) is 9.62. The van der Waals surface area contributed by atoms with Gasteiger partial charge in [0.05, 0.1) is 26.4 Å². The fourth-order valence-electron chi connectivity index (χ4n) is 2.34. The zero-order chi connectivity index (χ0) is 19.8. The Kier molecular flexibility index (Phi) is 7.23. The number of anilines is 1. The minimum absolute atomic E-state index is 0.289. The van der Waals surface area contributed by atoms with Gasteiger partial charge in [-0.25, -0.2) is 4.79 Å². The van der Waals surface area contributed by atoms with E-state index in [0.29, 0.717) is 40.8 Å². The summed E-state index contributed by atoms with van der Waals surface area (Å²) in [6.07, 6.45) is 0.825. The molecule has 0 fully saturated rings. The number of ether oxygens (including phenoxy) is 3. The lowest BCUT2D eigenvalue weighted by Gasteiger charge is -2.10. The maximum absolute atomic E-state index is 12.4. The van der Waals surface area contributed by atoms with E-state index in [0.717, 1.165) is 6.42 Å². The van der Waals surface area contributed by atoms with Crippen molar-refractivity contribution in [2.24, 2.45) is 5.92 Å². The Hall–Kier alpha value is -3.02. The smallest absolute Gasteiger partial charge is 0.338 e. The largest absolute Gasteiger partial charge is 0.493 e. The molecular weight excluding hydrogens is 346 g/mol. The van der Waals surface area contributed by atoms with Gasteiger partial charge in [-0.3, -0.25) is 4.79 Å². The fraction of sp³-hybridized carbons (Fsp3) is 0.333. The topological polar surface area (TPSA) is 73.9 Å². The Morgan fingerprint density at radius 1 is 0.926 bits per heavy atom. The first-order chi connectivity index (χ1) is 12.9. The number of hydrogen-bond acceptors (Lipinski definition) is 5. The van der Waals surface area contributed by atoms with Crippen LogP contribution in [-0.2, 0) is 4.74 Å². The number of rotatable bonds is 8. The van der Waals surface area contributed by atoms with Crippen LogP contribution in [-0.4, -0.2) is 32.7 Å². The lowest BCUT2D eigenvalue weighted by atomic mass is 10.1. The number of hydrogen-bond donors (Lipinski definition) is 1. The van der Waals surface area contributed by atoms with Gasteiger partial charge in [0, 0.05) is 11.3 Å². The molecule has 27 heavy (non-hydrogen) atoms. The third-order valence-corrected chi connectivity index (χ3v) is 3.95. The van der Waals surface area contributed by atoms with Gasteiger partial charge in [0.25, 0.3) is 5.91 Å². The SMILES string of the molecule is COc1ccc(C(=O)Nc2ccc(C(=O)OCCC(C)C)cc2)cc1OC. The maximum atomic E-state index is 12.4. The average Bonchev–Trinajstić information content (AvgIpc) is 2.67. The first kappa shape index (κ1) is 20.3. The summed E-state index contributed by atoms with van der Waals surface area (Å²) in [5.41, 5.74) is 1.46. The van der Waals surface area contributed by atoms with E-state index >= 15 is 0 Å². The van der Waals surface area contributed by atoms with Crippen molar-refractivity contribution in [3.8, 4) is 11.5 Å². The predicted octanol–water partition coefficient (Wildman–Crippen LogP) is 4.16. The Balaban J connectivity index is 1.99. The van der Waals surface area contributed by atoms with Crippen LogP contribution in [0.3, 0.4) is 0 Å². The summed E-state index contributed by atoms with van der Waals surface area (Å²) in [6.45, 7) is 4.54. The molecule has 0 radical (unpaired) electrons. The minimum atomic E-state index is -0.367. The molecule has 0 aliphatic rings. The highest BCUT2D eigenvalue weighted by atomic mass is 16.5. The van der Waals surface area contributed by atoms with Gasteiger partial charge in [-0.2, -0.15) is 0 Å². The summed E-state index contributed by atoms with van der Waals surface area (Å²) in [4.78, 5) is 24.4. The van der Waals surface area contributed by atoms with Gasteiger partial charge >= 0.3 is 5.97 Å². The van der Waals surface area contributed by atoms with Crippen molar-refractivity contribution >= 4 is 17.6 Å². The molecule has 6 heteroatoms. The summed E-state index contributed by atoms with van der Waals surface area (Å²) in [5.74, 6) is 0.850. The molecule has 2 aromatic carbocycles. The van der Waals surface area contributed by atoms with E-state index in [1.54, 1.807) is 42.5 Å². The van der Waals surface area contributed by atoms with E-state index < -0.39 is 0 Å². The highest BCUT2D eigenvalue weighted by Gasteiger charge is 2.12.